The van der Waals surface area contributed by atoms with Crippen molar-refractivity contribution >= 4 is 69.8 Å². The fourth-order valence-electron chi connectivity index (χ4n) is 5.99. The van der Waals surface area contributed by atoms with Crippen LogP contribution in [0.3, 0.4) is 0 Å². The summed E-state index contributed by atoms with van der Waals surface area (Å²) < 4.78 is 10.4. The average Bonchev–Trinajstić information content (AvgIpc) is 3.45. The maximum atomic E-state index is 13.4. The number of aromatic nitrogens is 1. The highest BCUT2D eigenvalue weighted by atomic mass is 35.5. The van der Waals surface area contributed by atoms with E-state index in [4.69, 9.17) is 21.1 Å². The molecule has 1 saturated heterocycles. The number of imide groups is 3. The number of halogens is 1. The van der Waals surface area contributed by atoms with E-state index in [2.05, 4.69) is 33.2 Å². The second-order valence-corrected chi connectivity index (χ2v) is 14.0. The van der Waals surface area contributed by atoms with Crippen molar-refractivity contribution < 1.29 is 38.2 Å². The fraction of sp³-hybridized carbons (Fsp3) is 0.447. The number of carbonyl (C=O) groups is 6. The van der Waals surface area contributed by atoms with Crippen molar-refractivity contribution in [2.75, 3.05) is 30.3 Å². The molecule has 16 heteroatoms. The number of nitrogens with zero attached hydrogens (tertiary/aromatic N) is 3. The Hall–Kier alpha value is -5.44. The molecule has 0 radical (unpaired) electrons. The molecular formula is C38H48ClN7O8. The zero-order chi connectivity index (χ0) is 39.6. The van der Waals surface area contributed by atoms with Crippen LogP contribution in [-0.2, 0) is 25.6 Å². The highest BCUT2D eigenvalue weighted by molar-refractivity contribution is 6.31. The largest absolute Gasteiger partial charge is 0.448 e. The minimum Gasteiger partial charge on any atom is -0.448 e. The number of carbonyl (C=O) groups excluding carboxylic acids is 6. The standard InChI is InChI=1S/C36H42ClN7O8.C2H6/c1-21(41-27-14-16-38-28-19-22(37)10-11-24(27)28)7-6-15-40-34(49)51-18-17-39-33(48)42-26-9-5-8-23-25(26)20-43(31(23)46)29-12-13-30(45)44(32(29)47)35(50)52-36(2,3)4;1-2/h5,8-11,14,16,19,21,29H,6-7,12-13,15,17-18,20H2,1-4H3,(H,38,41)(H,40,49)(H2,39,42,48);1-2H3. The van der Waals surface area contributed by atoms with E-state index in [0.717, 1.165) is 23.0 Å². The number of urea groups is 1. The number of fused-ring (bicyclic) bond motifs is 2. The molecule has 1 fully saturated rings. The molecule has 0 saturated carbocycles. The maximum absolute atomic E-state index is 13.4. The molecule has 1 aromatic heterocycles. The van der Waals surface area contributed by atoms with Gasteiger partial charge >= 0.3 is 18.2 Å². The number of pyridine rings is 1. The van der Waals surface area contributed by atoms with Gasteiger partial charge in [0.15, 0.2) is 0 Å². The van der Waals surface area contributed by atoms with Crippen molar-refractivity contribution in [1.29, 1.82) is 0 Å². The summed E-state index contributed by atoms with van der Waals surface area (Å²) in [6.07, 6.45) is 1.44. The molecule has 54 heavy (non-hydrogen) atoms. The molecule has 3 heterocycles. The van der Waals surface area contributed by atoms with Crippen LogP contribution in [0, 0.1) is 0 Å². The highest BCUT2D eigenvalue weighted by Gasteiger charge is 2.46. The number of likely N-dealkylation sites (tertiary alicyclic amines) is 1. The Morgan fingerprint density at radius 3 is 2.52 bits per heavy atom. The minimum absolute atomic E-state index is 0.0224. The first kappa shape index (κ1) is 41.3. The molecular weight excluding hydrogens is 718 g/mol. The van der Waals surface area contributed by atoms with E-state index in [1.807, 2.05) is 38.1 Å². The van der Waals surface area contributed by atoms with Crippen LogP contribution < -0.4 is 21.3 Å². The fourth-order valence-corrected chi connectivity index (χ4v) is 6.15. The van der Waals surface area contributed by atoms with Crippen LogP contribution in [-0.4, -0.2) is 88.1 Å². The van der Waals surface area contributed by atoms with Crippen LogP contribution in [0.15, 0.2) is 48.7 Å². The summed E-state index contributed by atoms with van der Waals surface area (Å²) in [5.74, 6) is -1.99. The smallest absolute Gasteiger partial charge is 0.424 e. The SMILES string of the molecule is CC.CC(CCCNC(=O)OCCNC(=O)Nc1cccc2c1CN(C1CCC(=O)N(C(=O)OC(C)(C)C)C1=O)C2=O)Nc1ccnc2cc(Cl)ccc12. The lowest BCUT2D eigenvalue weighted by atomic mass is 10.0. The van der Waals surface area contributed by atoms with Gasteiger partial charge < -0.3 is 35.6 Å². The molecule has 3 aromatic rings. The molecule has 15 nitrogen and oxygen atoms in total. The van der Waals surface area contributed by atoms with Crippen LogP contribution in [0.25, 0.3) is 10.9 Å². The van der Waals surface area contributed by atoms with Gasteiger partial charge in [-0.25, -0.2) is 14.4 Å². The summed E-state index contributed by atoms with van der Waals surface area (Å²) in [6.45, 7) is 11.2. The molecule has 2 aliphatic rings. The molecule has 0 bridgehead atoms. The Morgan fingerprint density at radius 1 is 1.02 bits per heavy atom. The first-order valence-corrected chi connectivity index (χ1v) is 18.4. The molecule has 2 aromatic carbocycles. The monoisotopic (exact) mass is 765 g/mol. The van der Waals surface area contributed by atoms with Crippen molar-refractivity contribution in [2.45, 2.75) is 91.5 Å². The lowest BCUT2D eigenvalue weighted by molar-refractivity contribution is -0.150. The van der Waals surface area contributed by atoms with Gasteiger partial charge in [-0.2, -0.15) is 4.90 Å². The van der Waals surface area contributed by atoms with Crippen molar-refractivity contribution in [2.24, 2.45) is 0 Å². The quantitative estimate of drug-likeness (QED) is 0.125. The van der Waals surface area contributed by atoms with E-state index in [0.29, 0.717) is 34.1 Å². The zero-order valence-corrected chi connectivity index (χ0v) is 32.2. The number of piperidine rings is 1. The summed E-state index contributed by atoms with van der Waals surface area (Å²) in [7, 11) is 0. The zero-order valence-electron chi connectivity index (χ0n) is 31.4. The van der Waals surface area contributed by atoms with Crippen molar-refractivity contribution in [3.8, 4) is 0 Å². The van der Waals surface area contributed by atoms with E-state index >= 15 is 0 Å². The van der Waals surface area contributed by atoms with E-state index in [-0.39, 0.29) is 44.1 Å². The summed E-state index contributed by atoms with van der Waals surface area (Å²) in [5, 5.41) is 13.1. The third kappa shape index (κ3) is 10.6. The lowest BCUT2D eigenvalue weighted by Crippen LogP contribution is -2.57. The van der Waals surface area contributed by atoms with Crippen LogP contribution in [0.5, 0.6) is 0 Å². The first-order valence-electron chi connectivity index (χ1n) is 18.0. The number of alkyl carbamates (subject to hydrolysis) is 1. The Labute approximate surface area is 319 Å². The average molecular weight is 766 g/mol. The summed E-state index contributed by atoms with van der Waals surface area (Å²) in [4.78, 5) is 82.8. The van der Waals surface area contributed by atoms with Gasteiger partial charge in [0.2, 0.25) is 5.91 Å². The number of rotatable bonds is 11. The number of hydrogen-bond donors (Lipinski definition) is 4. The van der Waals surface area contributed by atoms with Crippen LogP contribution in [0.2, 0.25) is 5.02 Å². The van der Waals surface area contributed by atoms with Gasteiger partial charge in [0.05, 0.1) is 12.1 Å². The molecule has 5 rings (SSSR count). The molecule has 4 N–H and O–H groups in total. The number of ether oxygens (including phenoxy) is 2. The number of amides is 7. The van der Waals surface area contributed by atoms with Crippen molar-refractivity contribution in [3.63, 3.8) is 0 Å². The number of benzene rings is 2. The number of anilines is 2. The van der Waals surface area contributed by atoms with Gasteiger partial charge in [0.25, 0.3) is 11.8 Å². The summed E-state index contributed by atoms with van der Waals surface area (Å²) in [5.41, 5.74) is 1.93. The van der Waals surface area contributed by atoms with Crippen LogP contribution >= 0.6 is 11.6 Å². The second-order valence-electron chi connectivity index (χ2n) is 13.5. The van der Waals surface area contributed by atoms with Gasteiger partial charge in [0, 0.05) is 64.7 Å². The molecule has 2 unspecified atom stereocenters. The van der Waals surface area contributed by atoms with E-state index in [1.165, 1.54) is 4.90 Å². The van der Waals surface area contributed by atoms with Gasteiger partial charge in [-0.1, -0.05) is 31.5 Å². The minimum atomic E-state index is -1.09. The molecule has 0 aliphatic carbocycles. The van der Waals surface area contributed by atoms with E-state index in [9.17, 15) is 28.8 Å². The molecule has 7 amide bonds. The highest BCUT2D eigenvalue weighted by Crippen LogP contribution is 2.34. The Morgan fingerprint density at radius 2 is 1.78 bits per heavy atom. The first-order chi connectivity index (χ1) is 25.7. The normalized spacial score (nSPS) is 15.8. The summed E-state index contributed by atoms with van der Waals surface area (Å²) >= 11 is 6.08. The lowest BCUT2D eigenvalue weighted by Gasteiger charge is -2.35. The van der Waals surface area contributed by atoms with Gasteiger partial charge in [-0.05, 0) is 83.4 Å². The molecule has 2 aliphatic heterocycles. The molecule has 0 spiro atoms. The van der Waals surface area contributed by atoms with Gasteiger partial charge in [0.1, 0.15) is 18.2 Å². The second kappa shape index (κ2) is 18.5. The Kier molecular flexibility index (Phi) is 14.2. The predicted molar refractivity (Wildman–Crippen MR) is 204 cm³/mol. The third-order valence-corrected chi connectivity index (χ3v) is 8.63. The molecule has 2 atom stereocenters. The van der Waals surface area contributed by atoms with Crippen LogP contribution in [0.4, 0.5) is 25.8 Å². The number of hydrogen-bond acceptors (Lipinski definition) is 10. The maximum Gasteiger partial charge on any atom is 0.424 e. The van der Waals surface area contributed by atoms with Crippen molar-refractivity contribution in [3.05, 3.63) is 64.8 Å². The van der Waals surface area contributed by atoms with E-state index in [1.54, 1.807) is 45.2 Å². The summed E-state index contributed by atoms with van der Waals surface area (Å²) in [6, 6.07) is 10.7. The van der Waals surface area contributed by atoms with Gasteiger partial charge in [-0.15, -0.1) is 0 Å². The van der Waals surface area contributed by atoms with Crippen LogP contribution in [0.1, 0.15) is 83.1 Å². The van der Waals surface area contributed by atoms with Crippen molar-refractivity contribution in [1.82, 2.24) is 25.4 Å². The molecule has 290 valence electrons. The van der Waals surface area contributed by atoms with E-state index < -0.39 is 47.6 Å². The third-order valence-electron chi connectivity index (χ3n) is 8.39. The predicted octanol–water partition coefficient (Wildman–Crippen LogP) is 6.45. The van der Waals surface area contributed by atoms with Gasteiger partial charge in [-0.3, -0.25) is 19.4 Å². The Balaban J connectivity index is 0.00000319. The topological polar surface area (TPSA) is 188 Å². The Bertz CT molecular complexity index is 1880. The number of nitrogens with one attached hydrogen (secondary N) is 4.